The molecule has 0 radical (unpaired) electrons. The van der Waals surface area contributed by atoms with Gasteiger partial charge in [-0.1, -0.05) is 35.3 Å². The van der Waals surface area contributed by atoms with E-state index in [1.165, 1.54) is 6.07 Å². The topological polar surface area (TPSA) is 20.2 Å². The number of benzene rings is 2. The Hall–Kier alpha value is -0.360. The third kappa shape index (κ3) is 3.60. The summed E-state index contributed by atoms with van der Waals surface area (Å²) in [6.07, 6.45) is -0.665. The van der Waals surface area contributed by atoms with Crippen LogP contribution >= 0.6 is 45.8 Å². The standard InChI is InChI=1S/C14H10Cl2FIO/c15-9-4-5-12(18)10(7-9)13(19)6-8-2-1-3-11(16)14(8)17/h1-5,7,13,19H,6H2. The predicted octanol–water partition coefficient (Wildman–Crippen LogP) is 5.01. The van der Waals surface area contributed by atoms with E-state index in [1.807, 2.05) is 6.07 Å². The van der Waals surface area contributed by atoms with Crippen LogP contribution in [0.2, 0.25) is 10.0 Å². The second-order valence-electron chi connectivity index (χ2n) is 4.10. The smallest absolute Gasteiger partial charge is 0.145 e. The van der Waals surface area contributed by atoms with Gasteiger partial charge in [-0.15, -0.1) is 0 Å². The van der Waals surface area contributed by atoms with Crippen LogP contribution in [-0.2, 0) is 6.42 Å². The summed E-state index contributed by atoms with van der Waals surface area (Å²) in [5, 5.41) is 10.8. The van der Waals surface area contributed by atoms with Crippen molar-refractivity contribution in [2.75, 3.05) is 0 Å². The molecule has 0 aromatic heterocycles. The Labute approximate surface area is 134 Å². The highest BCUT2D eigenvalue weighted by Gasteiger charge is 2.16. The summed E-state index contributed by atoms with van der Waals surface area (Å²) in [4.78, 5) is 0. The molecule has 0 amide bonds. The average Bonchev–Trinajstić information content (AvgIpc) is 2.38. The van der Waals surface area contributed by atoms with E-state index in [0.717, 1.165) is 3.57 Å². The lowest BCUT2D eigenvalue weighted by molar-refractivity contribution is 0.176. The van der Waals surface area contributed by atoms with E-state index in [4.69, 9.17) is 23.2 Å². The molecule has 0 aliphatic heterocycles. The monoisotopic (exact) mass is 410 g/mol. The molecule has 0 aliphatic carbocycles. The van der Waals surface area contributed by atoms with Gasteiger partial charge in [0.2, 0.25) is 0 Å². The van der Waals surface area contributed by atoms with Crippen molar-refractivity contribution in [1.29, 1.82) is 0 Å². The van der Waals surface area contributed by atoms with E-state index >= 15 is 0 Å². The van der Waals surface area contributed by atoms with Gasteiger partial charge in [0.15, 0.2) is 0 Å². The van der Waals surface area contributed by atoms with Gasteiger partial charge in [0.05, 0.1) is 11.1 Å². The van der Waals surface area contributed by atoms with E-state index in [2.05, 4.69) is 22.6 Å². The largest absolute Gasteiger partial charge is 0.388 e. The Balaban J connectivity index is 2.28. The lowest BCUT2D eigenvalue weighted by Gasteiger charge is -2.14. The van der Waals surface area contributed by atoms with Crippen LogP contribution in [0, 0.1) is 9.39 Å². The molecular weight excluding hydrogens is 401 g/mol. The molecule has 1 unspecified atom stereocenters. The zero-order chi connectivity index (χ0) is 14.0. The number of hydrogen-bond acceptors (Lipinski definition) is 1. The second kappa shape index (κ2) is 6.39. The SMILES string of the molecule is OC(Cc1cccc(Cl)c1F)c1cc(Cl)ccc1I. The Kier molecular flexibility index (Phi) is 5.06. The minimum absolute atomic E-state index is 0.0606. The molecule has 0 saturated carbocycles. The molecule has 19 heavy (non-hydrogen) atoms. The number of aliphatic hydroxyl groups is 1. The van der Waals surface area contributed by atoms with Crippen LogP contribution in [0.1, 0.15) is 17.2 Å². The average molecular weight is 411 g/mol. The lowest BCUT2D eigenvalue weighted by Crippen LogP contribution is -2.05. The molecule has 2 aromatic rings. The highest BCUT2D eigenvalue weighted by Crippen LogP contribution is 2.28. The molecule has 0 saturated heterocycles. The Morgan fingerprint density at radius 2 is 1.95 bits per heavy atom. The highest BCUT2D eigenvalue weighted by molar-refractivity contribution is 14.1. The van der Waals surface area contributed by atoms with Crippen LogP contribution in [0.3, 0.4) is 0 Å². The van der Waals surface area contributed by atoms with Gasteiger partial charge in [0.25, 0.3) is 0 Å². The molecule has 0 aliphatic rings. The van der Waals surface area contributed by atoms with Crippen molar-refractivity contribution < 1.29 is 9.50 Å². The van der Waals surface area contributed by atoms with Crippen LogP contribution in [-0.4, -0.2) is 5.11 Å². The quantitative estimate of drug-likeness (QED) is 0.705. The first-order valence-corrected chi connectivity index (χ1v) is 7.38. The third-order valence-corrected chi connectivity index (χ3v) is 4.27. The maximum absolute atomic E-state index is 13.8. The van der Waals surface area contributed by atoms with Crippen LogP contribution in [0.15, 0.2) is 36.4 Å². The normalized spacial score (nSPS) is 12.5. The molecule has 0 spiro atoms. The first-order valence-electron chi connectivity index (χ1n) is 5.55. The van der Waals surface area contributed by atoms with Crippen molar-refractivity contribution in [2.45, 2.75) is 12.5 Å². The van der Waals surface area contributed by atoms with Crippen molar-refractivity contribution in [2.24, 2.45) is 0 Å². The Morgan fingerprint density at radius 1 is 1.21 bits per heavy atom. The molecule has 1 nitrogen and oxygen atoms in total. The van der Waals surface area contributed by atoms with Crippen LogP contribution in [0.5, 0.6) is 0 Å². The molecule has 1 N–H and O–H groups in total. The molecule has 2 rings (SSSR count). The van der Waals surface area contributed by atoms with Gasteiger partial charge >= 0.3 is 0 Å². The van der Waals surface area contributed by atoms with E-state index in [0.29, 0.717) is 16.1 Å². The maximum atomic E-state index is 13.8. The number of hydrogen-bond donors (Lipinski definition) is 1. The zero-order valence-corrected chi connectivity index (χ0v) is 13.4. The highest BCUT2D eigenvalue weighted by atomic mass is 127. The molecule has 0 bridgehead atoms. The minimum Gasteiger partial charge on any atom is -0.388 e. The fourth-order valence-electron chi connectivity index (χ4n) is 1.79. The van der Waals surface area contributed by atoms with E-state index < -0.39 is 11.9 Å². The maximum Gasteiger partial charge on any atom is 0.145 e. The fraction of sp³-hybridized carbons (Fsp3) is 0.143. The molecule has 100 valence electrons. The Morgan fingerprint density at radius 3 is 2.68 bits per heavy atom. The van der Waals surface area contributed by atoms with E-state index in [1.54, 1.807) is 24.3 Å². The van der Waals surface area contributed by atoms with Crippen molar-refractivity contribution >= 4 is 45.8 Å². The minimum atomic E-state index is -0.821. The van der Waals surface area contributed by atoms with Crippen LogP contribution < -0.4 is 0 Å². The fourth-order valence-corrected chi connectivity index (χ4v) is 2.86. The van der Waals surface area contributed by atoms with Crippen molar-refractivity contribution in [3.8, 4) is 0 Å². The van der Waals surface area contributed by atoms with E-state index in [-0.39, 0.29) is 11.4 Å². The van der Waals surface area contributed by atoms with Crippen LogP contribution in [0.25, 0.3) is 0 Å². The summed E-state index contributed by atoms with van der Waals surface area (Å²) in [5.74, 6) is -0.486. The summed E-state index contributed by atoms with van der Waals surface area (Å²) in [6.45, 7) is 0. The molecular formula is C14H10Cl2FIO. The summed E-state index contributed by atoms with van der Waals surface area (Å²) in [6, 6.07) is 10.0. The lowest BCUT2D eigenvalue weighted by atomic mass is 10.0. The molecule has 1 atom stereocenters. The number of halogens is 4. The predicted molar refractivity (Wildman–Crippen MR) is 84.2 cm³/mol. The molecule has 0 fully saturated rings. The van der Waals surface area contributed by atoms with Crippen molar-refractivity contribution in [1.82, 2.24) is 0 Å². The first kappa shape index (κ1) is 15.0. The van der Waals surface area contributed by atoms with Gasteiger partial charge in [0.1, 0.15) is 5.82 Å². The van der Waals surface area contributed by atoms with Gasteiger partial charge in [-0.2, -0.15) is 0 Å². The first-order chi connectivity index (χ1) is 8.99. The van der Waals surface area contributed by atoms with Gasteiger partial charge in [-0.05, 0) is 58.0 Å². The summed E-state index contributed by atoms with van der Waals surface area (Å²) < 4.78 is 14.7. The van der Waals surface area contributed by atoms with Crippen molar-refractivity contribution in [3.63, 3.8) is 0 Å². The molecule has 0 heterocycles. The number of aliphatic hydroxyl groups excluding tert-OH is 1. The number of rotatable bonds is 3. The molecule has 5 heteroatoms. The summed E-state index contributed by atoms with van der Waals surface area (Å²) >= 11 is 13.7. The second-order valence-corrected chi connectivity index (χ2v) is 6.10. The zero-order valence-electron chi connectivity index (χ0n) is 9.71. The van der Waals surface area contributed by atoms with Gasteiger partial charge in [-0.3, -0.25) is 0 Å². The third-order valence-electron chi connectivity index (χ3n) is 2.76. The van der Waals surface area contributed by atoms with E-state index in [9.17, 15) is 9.50 Å². The van der Waals surface area contributed by atoms with Gasteiger partial charge in [-0.25, -0.2) is 4.39 Å². The Bertz CT molecular complexity index is 604. The van der Waals surface area contributed by atoms with Crippen molar-refractivity contribution in [3.05, 3.63) is 67.0 Å². The van der Waals surface area contributed by atoms with Gasteiger partial charge < -0.3 is 5.11 Å². The summed E-state index contributed by atoms with van der Waals surface area (Å²) in [7, 11) is 0. The van der Waals surface area contributed by atoms with Gasteiger partial charge in [0, 0.05) is 15.0 Å². The summed E-state index contributed by atoms with van der Waals surface area (Å²) in [5.41, 5.74) is 1.07. The molecule has 2 aromatic carbocycles. The van der Waals surface area contributed by atoms with Crippen LogP contribution in [0.4, 0.5) is 4.39 Å².